The molecule has 0 spiro atoms. The molecule has 2 heterocycles. The number of nitrogen functional groups attached to an aromatic ring is 1. The summed E-state index contributed by atoms with van der Waals surface area (Å²) in [6.07, 6.45) is 5.07. The van der Waals surface area contributed by atoms with Crippen molar-refractivity contribution in [2.24, 2.45) is 0 Å². The lowest BCUT2D eigenvalue weighted by Crippen LogP contribution is -2.11. The Bertz CT molecular complexity index is 452. The summed E-state index contributed by atoms with van der Waals surface area (Å²) in [5, 5.41) is 4.60. The quantitative estimate of drug-likeness (QED) is 0.847. The van der Waals surface area contributed by atoms with Crippen LogP contribution in [-0.2, 0) is 0 Å². The van der Waals surface area contributed by atoms with Gasteiger partial charge in [-0.15, -0.1) is 0 Å². The Morgan fingerprint density at radius 2 is 2.27 bits per heavy atom. The highest BCUT2D eigenvalue weighted by atomic mass is 35.5. The number of halogens is 1. The van der Waals surface area contributed by atoms with E-state index in [-0.39, 0.29) is 6.04 Å². The molecule has 2 rings (SSSR count). The van der Waals surface area contributed by atoms with Crippen LogP contribution >= 0.6 is 11.6 Å². The van der Waals surface area contributed by atoms with E-state index < -0.39 is 0 Å². The topological polar surface area (TPSA) is 56.7 Å². The lowest BCUT2D eigenvalue weighted by molar-refractivity contribution is 0.571. The Labute approximate surface area is 92.7 Å². The second kappa shape index (κ2) is 3.90. The van der Waals surface area contributed by atoms with Gasteiger partial charge in [0.25, 0.3) is 0 Å². The summed E-state index contributed by atoms with van der Waals surface area (Å²) in [6.45, 7) is 2.00. The maximum atomic E-state index is 5.84. The van der Waals surface area contributed by atoms with Crippen molar-refractivity contribution >= 4 is 17.4 Å². The second-order valence-electron chi connectivity index (χ2n) is 3.28. The fourth-order valence-electron chi connectivity index (χ4n) is 1.42. The van der Waals surface area contributed by atoms with E-state index in [0.29, 0.717) is 10.8 Å². The summed E-state index contributed by atoms with van der Waals surface area (Å²) in [6, 6.07) is 3.89. The highest BCUT2D eigenvalue weighted by molar-refractivity contribution is 6.32. The van der Waals surface area contributed by atoms with Crippen molar-refractivity contribution in [3.63, 3.8) is 0 Å². The van der Waals surface area contributed by atoms with Crippen LogP contribution in [0, 0.1) is 0 Å². The first-order valence-electron chi connectivity index (χ1n) is 4.58. The number of anilines is 1. The van der Waals surface area contributed by atoms with Gasteiger partial charge >= 0.3 is 0 Å². The maximum Gasteiger partial charge on any atom is 0.141 e. The minimum atomic E-state index is 0.0335. The molecule has 78 valence electrons. The molecule has 5 heteroatoms. The van der Waals surface area contributed by atoms with Crippen molar-refractivity contribution in [2.75, 3.05) is 5.73 Å². The molecule has 0 aromatic carbocycles. The molecule has 0 amide bonds. The van der Waals surface area contributed by atoms with Crippen LogP contribution in [-0.4, -0.2) is 14.8 Å². The number of nitrogens with two attached hydrogens (primary N) is 1. The minimum Gasteiger partial charge on any atom is -0.383 e. The molecule has 0 aliphatic heterocycles. The fraction of sp³-hybridized carbons (Fsp3) is 0.200. The molecule has 15 heavy (non-hydrogen) atoms. The molecular weight excluding hydrogens is 212 g/mol. The standard InChI is InChI=1S/C10H11ClN4/c1-7(8-3-2-4-13-5-8)15-10(12)9(11)6-14-15/h2-7H,12H2,1H3. The van der Waals surface area contributed by atoms with E-state index in [4.69, 9.17) is 17.3 Å². The van der Waals surface area contributed by atoms with Crippen molar-refractivity contribution in [3.05, 3.63) is 41.3 Å². The summed E-state index contributed by atoms with van der Waals surface area (Å²) in [5.74, 6) is 0.480. The van der Waals surface area contributed by atoms with Gasteiger partial charge in [-0.25, -0.2) is 4.68 Å². The molecule has 0 saturated heterocycles. The predicted molar refractivity (Wildman–Crippen MR) is 59.7 cm³/mol. The Kier molecular flexibility index (Phi) is 2.60. The summed E-state index contributed by atoms with van der Waals surface area (Å²) in [4.78, 5) is 4.05. The van der Waals surface area contributed by atoms with Gasteiger partial charge in [-0.3, -0.25) is 4.98 Å². The van der Waals surface area contributed by atoms with Crippen LogP contribution in [0.2, 0.25) is 5.02 Å². The largest absolute Gasteiger partial charge is 0.383 e. The summed E-state index contributed by atoms with van der Waals surface area (Å²) < 4.78 is 1.68. The molecule has 1 atom stereocenters. The van der Waals surface area contributed by atoms with Crippen LogP contribution in [0.1, 0.15) is 18.5 Å². The van der Waals surface area contributed by atoms with Crippen molar-refractivity contribution in [1.29, 1.82) is 0 Å². The first kappa shape index (κ1) is 9.98. The Morgan fingerprint density at radius 3 is 2.80 bits per heavy atom. The lowest BCUT2D eigenvalue weighted by atomic mass is 10.1. The molecule has 2 aromatic rings. The number of nitrogens with zero attached hydrogens (tertiary/aromatic N) is 3. The SMILES string of the molecule is CC(c1cccnc1)n1ncc(Cl)c1N. The van der Waals surface area contributed by atoms with Crippen LogP contribution in [0.5, 0.6) is 0 Å². The second-order valence-corrected chi connectivity index (χ2v) is 3.69. The number of pyridine rings is 1. The van der Waals surface area contributed by atoms with Crippen LogP contribution in [0.15, 0.2) is 30.7 Å². The third-order valence-corrected chi connectivity index (χ3v) is 2.61. The van der Waals surface area contributed by atoms with Crippen molar-refractivity contribution in [2.45, 2.75) is 13.0 Å². The van der Waals surface area contributed by atoms with E-state index in [9.17, 15) is 0 Å². The van der Waals surface area contributed by atoms with Gasteiger partial charge in [0, 0.05) is 12.4 Å². The number of hydrogen-bond donors (Lipinski definition) is 1. The van der Waals surface area contributed by atoms with E-state index in [0.717, 1.165) is 5.56 Å². The molecule has 1 unspecified atom stereocenters. The molecule has 4 nitrogen and oxygen atoms in total. The zero-order valence-electron chi connectivity index (χ0n) is 8.26. The molecule has 0 fully saturated rings. The molecule has 0 aliphatic rings. The third-order valence-electron chi connectivity index (χ3n) is 2.32. The first-order chi connectivity index (χ1) is 7.20. The van der Waals surface area contributed by atoms with Crippen LogP contribution in [0.25, 0.3) is 0 Å². The zero-order valence-corrected chi connectivity index (χ0v) is 9.02. The molecular formula is C10H11ClN4. The van der Waals surface area contributed by atoms with Gasteiger partial charge in [0.15, 0.2) is 0 Å². The maximum absolute atomic E-state index is 5.84. The summed E-state index contributed by atoms with van der Waals surface area (Å²) in [5.41, 5.74) is 6.83. The molecule has 0 saturated carbocycles. The van der Waals surface area contributed by atoms with Crippen LogP contribution < -0.4 is 5.73 Å². The molecule has 2 aromatic heterocycles. The smallest absolute Gasteiger partial charge is 0.141 e. The average molecular weight is 223 g/mol. The van der Waals surface area contributed by atoms with E-state index in [1.54, 1.807) is 23.3 Å². The Hall–Kier alpha value is -1.55. The van der Waals surface area contributed by atoms with E-state index in [2.05, 4.69) is 10.1 Å². The van der Waals surface area contributed by atoms with Crippen LogP contribution in [0.3, 0.4) is 0 Å². The van der Waals surface area contributed by atoms with Crippen LogP contribution in [0.4, 0.5) is 5.82 Å². The van der Waals surface area contributed by atoms with Gasteiger partial charge in [-0.2, -0.15) is 5.10 Å². The monoisotopic (exact) mass is 222 g/mol. The zero-order chi connectivity index (χ0) is 10.8. The molecule has 0 bridgehead atoms. The number of rotatable bonds is 2. The van der Waals surface area contributed by atoms with Crippen molar-refractivity contribution in [3.8, 4) is 0 Å². The summed E-state index contributed by atoms with van der Waals surface area (Å²) >= 11 is 5.84. The average Bonchev–Trinajstić information content (AvgIpc) is 2.60. The van der Waals surface area contributed by atoms with E-state index in [1.807, 2.05) is 19.1 Å². The predicted octanol–water partition coefficient (Wildman–Crippen LogP) is 2.12. The summed E-state index contributed by atoms with van der Waals surface area (Å²) in [7, 11) is 0. The van der Waals surface area contributed by atoms with Gasteiger partial charge in [-0.1, -0.05) is 17.7 Å². The van der Waals surface area contributed by atoms with Crippen molar-refractivity contribution < 1.29 is 0 Å². The highest BCUT2D eigenvalue weighted by Crippen LogP contribution is 2.24. The van der Waals surface area contributed by atoms with Gasteiger partial charge < -0.3 is 5.73 Å². The number of hydrogen-bond acceptors (Lipinski definition) is 3. The lowest BCUT2D eigenvalue weighted by Gasteiger charge is -2.13. The van der Waals surface area contributed by atoms with Gasteiger partial charge in [0.1, 0.15) is 10.8 Å². The third kappa shape index (κ3) is 1.80. The van der Waals surface area contributed by atoms with Gasteiger partial charge in [0.2, 0.25) is 0 Å². The minimum absolute atomic E-state index is 0.0335. The fourth-order valence-corrected chi connectivity index (χ4v) is 1.55. The normalized spacial score (nSPS) is 12.7. The number of aromatic nitrogens is 3. The van der Waals surface area contributed by atoms with E-state index in [1.165, 1.54) is 0 Å². The molecule has 0 aliphatic carbocycles. The van der Waals surface area contributed by atoms with Crippen molar-refractivity contribution in [1.82, 2.24) is 14.8 Å². The van der Waals surface area contributed by atoms with Gasteiger partial charge in [-0.05, 0) is 18.6 Å². The van der Waals surface area contributed by atoms with E-state index >= 15 is 0 Å². The Balaban J connectivity index is 2.37. The highest BCUT2D eigenvalue weighted by Gasteiger charge is 2.13. The molecule has 2 N–H and O–H groups in total. The molecule has 0 radical (unpaired) electrons. The Morgan fingerprint density at radius 1 is 1.47 bits per heavy atom. The first-order valence-corrected chi connectivity index (χ1v) is 4.96. The van der Waals surface area contributed by atoms with Gasteiger partial charge in [0.05, 0.1) is 12.2 Å².